The predicted molar refractivity (Wildman–Crippen MR) is 93.3 cm³/mol. The van der Waals surface area contributed by atoms with Gasteiger partial charge in [0.1, 0.15) is 11.5 Å². The number of rotatable bonds is 6. The molecule has 0 saturated heterocycles. The first kappa shape index (κ1) is 18.2. The van der Waals surface area contributed by atoms with E-state index in [1.165, 1.54) is 0 Å². The van der Waals surface area contributed by atoms with E-state index >= 15 is 0 Å². The van der Waals surface area contributed by atoms with Gasteiger partial charge in [0.15, 0.2) is 17.4 Å². The number of aryl methyl sites for hydroxylation is 1. The van der Waals surface area contributed by atoms with Crippen LogP contribution in [0.3, 0.4) is 0 Å². The van der Waals surface area contributed by atoms with Crippen molar-refractivity contribution in [2.75, 3.05) is 0 Å². The molecule has 128 valence electrons. The number of nitriles is 1. The van der Waals surface area contributed by atoms with Gasteiger partial charge in [0.05, 0.1) is 11.6 Å². The van der Waals surface area contributed by atoms with Gasteiger partial charge in [0.2, 0.25) is 0 Å². The first-order valence-electron chi connectivity index (χ1n) is 7.79. The molecule has 1 aromatic carbocycles. The minimum Gasteiger partial charge on any atom is -0.512 e. The molecule has 0 fully saturated rings. The number of carbonyl (C=O) groups excluding carboxylic acids is 1. The van der Waals surface area contributed by atoms with E-state index in [4.69, 9.17) is 10.00 Å². The number of ketones is 1. The van der Waals surface area contributed by atoms with Gasteiger partial charge in [0, 0.05) is 18.4 Å². The molecule has 1 aromatic rings. The molecular weight excluding hydrogens is 321 g/mol. The SMILES string of the molecule is C=C(C#N)/C=C(/F)C(=C)Oc1ccc(CC)c(C2=C(O)CCC2=O)c1. The topological polar surface area (TPSA) is 70.3 Å². The van der Waals surface area contributed by atoms with E-state index < -0.39 is 5.83 Å². The van der Waals surface area contributed by atoms with E-state index in [1.54, 1.807) is 24.3 Å². The van der Waals surface area contributed by atoms with Gasteiger partial charge >= 0.3 is 0 Å². The molecule has 0 bridgehead atoms. The van der Waals surface area contributed by atoms with Gasteiger partial charge in [-0.15, -0.1) is 0 Å². The zero-order valence-electron chi connectivity index (χ0n) is 13.9. The Hall–Kier alpha value is -3.13. The molecule has 0 aliphatic heterocycles. The lowest BCUT2D eigenvalue weighted by molar-refractivity contribution is -0.113. The molecule has 1 N–H and O–H groups in total. The average Bonchev–Trinajstić information content (AvgIpc) is 2.93. The summed E-state index contributed by atoms with van der Waals surface area (Å²) in [5.74, 6) is -0.871. The summed E-state index contributed by atoms with van der Waals surface area (Å²) in [5, 5.41) is 18.6. The van der Waals surface area contributed by atoms with Crippen LogP contribution in [-0.4, -0.2) is 10.9 Å². The van der Waals surface area contributed by atoms with Gasteiger partial charge in [0.25, 0.3) is 0 Å². The Labute approximate surface area is 145 Å². The van der Waals surface area contributed by atoms with E-state index in [-0.39, 0.29) is 35.0 Å². The maximum atomic E-state index is 13.9. The summed E-state index contributed by atoms with van der Waals surface area (Å²) in [4.78, 5) is 12.1. The van der Waals surface area contributed by atoms with Crippen molar-refractivity contribution in [3.63, 3.8) is 0 Å². The van der Waals surface area contributed by atoms with Crippen LogP contribution in [0.1, 0.15) is 30.9 Å². The lowest BCUT2D eigenvalue weighted by atomic mass is 9.96. The van der Waals surface area contributed by atoms with Crippen molar-refractivity contribution in [2.45, 2.75) is 26.2 Å². The van der Waals surface area contributed by atoms with Crippen LogP contribution in [0.4, 0.5) is 4.39 Å². The molecule has 0 heterocycles. The van der Waals surface area contributed by atoms with Gasteiger partial charge < -0.3 is 9.84 Å². The molecule has 0 amide bonds. The van der Waals surface area contributed by atoms with Crippen molar-refractivity contribution >= 4 is 11.4 Å². The highest BCUT2D eigenvalue weighted by Gasteiger charge is 2.26. The molecule has 0 aromatic heterocycles. The lowest BCUT2D eigenvalue weighted by Crippen LogP contribution is -2.02. The zero-order valence-corrected chi connectivity index (χ0v) is 13.9. The number of Topliss-reactive ketones (excluding diaryl/α,β-unsaturated/α-hetero) is 1. The third kappa shape index (κ3) is 4.04. The fraction of sp³-hybridized carbons (Fsp3) is 0.200. The zero-order chi connectivity index (χ0) is 18.6. The summed E-state index contributed by atoms with van der Waals surface area (Å²) in [6.07, 6.45) is 2.19. The largest absolute Gasteiger partial charge is 0.512 e. The van der Waals surface area contributed by atoms with Crippen molar-refractivity contribution in [2.24, 2.45) is 0 Å². The summed E-state index contributed by atoms with van der Waals surface area (Å²) in [6.45, 7) is 8.79. The van der Waals surface area contributed by atoms with Crippen LogP contribution in [0.2, 0.25) is 0 Å². The molecule has 1 aliphatic rings. The Morgan fingerprint density at radius 3 is 2.72 bits per heavy atom. The van der Waals surface area contributed by atoms with E-state index in [0.29, 0.717) is 24.0 Å². The summed E-state index contributed by atoms with van der Waals surface area (Å²) >= 11 is 0. The fourth-order valence-electron chi connectivity index (χ4n) is 2.57. The molecule has 0 atom stereocenters. The maximum Gasteiger partial charge on any atom is 0.167 e. The number of nitrogens with zero attached hydrogens (tertiary/aromatic N) is 1. The Balaban J connectivity index is 2.35. The highest BCUT2D eigenvalue weighted by atomic mass is 19.1. The van der Waals surface area contributed by atoms with Crippen LogP contribution in [-0.2, 0) is 11.2 Å². The summed E-state index contributed by atoms with van der Waals surface area (Å²) < 4.78 is 19.3. The van der Waals surface area contributed by atoms with E-state index in [1.807, 2.05) is 6.92 Å². The minimum absolute atomic E-state index is 0.0594. The molecule has 0 saturated carbocycles. The predicted octanol–water partition coefficient (Wildman–Crippen LogP) is 4.71. The highest BCUT2D eigenvalue weighted by Crippen LogP contribution is 2.34. The summed E-state index contributed by atoms with van der Waals surface area (Å²) in [6, 6.07) is 6.69. The van der Waals surface area contributed by atoms with Crippen LogP contribution in [0.25, 0.3) is 5.57 Å². The maximum absolute atomic E-state index is 13.9. The van der Waals surface area contributed by atoms with Gasteiger partial charge in [-0.3, -0.25) is 4.79 Å². The molecule has 2 rings (SSSR count). The number of hydrogen-bond acceptors (Lipinski definition) is 4. The van der Waals surface area contributed by atoms with Crippen molar-refractivity contribution in [1.29, 1.82) is 5.26 Å². The molecule has 1 aliphatic carbocycles. The first-order valence-corrected chi connectivity index (χ1v) is 7.79. The number of ether oxygens (including phenoxy) is 1. The highest BCUT2D eigenvalue weighted by molar-refractivity contribution is 6.23. The number of hydrogen-bond donors (Lipinski definition) is 1. The monoisotopic (exact) mass is 339 g/mol. The Morgan fingerprint density at radius 1 is 1.44 bits per heavy atom. The van der Waals surface area contributed by atoms with Crippen molar-refractivity contribution in [1.82, 2.24) is 0 Å². The number of allylic oxidation sites excluding steroid dienone is 5. The van der Waals surface area contributed by atoms with Crippen LogP contribution < -0.4 is 4.74 Å². The van der Waals surface area contributed by atoms with E-state index in [0.717, 1.165) is 11.6 Å². The molecule has 5 heteroatoms. The minimum atomic E-state index is -0.813. The second-order valence-corrected chi connectivity index (χ2v) is 5.57. The number of benzene rings is 1. The standard InChI is InChI=1S/C20H18FNO3/c1-4-14-5-6-15(25-13(3)17(21)9-12(2)11-22)10-16(14)20-18(23)7-8-19(20)24/h5-6,9-10,23H,2-4,7-8H2,1H3/b17-9+. The first-order chi connectivity index (χ1) is 11.9. The van der Waals surface area contributed by atoms with E-state index in [9.17, 15) is 14.3 Å². The number of aliphatic hydroxyl groups excluding tert-OH is 1. The van der Waals surface area contributed by atoms with Gasteiger partial charge in [-0.2, -0.15) is 5.26 Å². The fourth-order valence-corrected chi connectivity index (χ4v) is 2.57. The Bertz CT molecular complexity index is 856. The summed E-state index contributed by atoms with van der Waals surface area (Å²) in [5.41, 5.74) is 1.69. The molecule has 0 radical (unpaired) electrons. The lowest BCUT2D eigenvalue weighted by Gasteiger charge is -2.13. The quantitative estimate of drug-likeness (QED) is 0.463. The molecule has 0 unspecified atom stereocenters. The van der Waals surface area contributed by atoms with Crippen LogP contribution >= 0.6 is 0 Å². The molecule has 25 heavy (non-hydrogen) atoms. The average molecular weight is 339 g/mol. The van der Waals surface area contributed by atoms with Crippen LogP contribution in [0.5, 0.6) is 5.75 Å². The second-order valence-electron chi connectivity index (χ2n) is 5.57. The Morgan fingerprint density at radius 2 is 2.16 bits per heavy atom. The smallest absolute Gasteiger partial charge is 0.167 e. The van der Waals surface area contributed by atoms with Crippen molar-refractivity contribution in [3.05, 3.63) is 71.5 Å². The number of halogens is 1. The number of aliphatic hydroxyl groups is 1. The van der Waals surface area contributed by atoms with Crippen molar-refractivity contribution in [3.8, 4) is 11.8 Å². The number of carbonyl (C=O) groups is 1. The van der Waals surface area contributed by atoms with Crippen LogP contribution in [0, 0.1) is 11.3 Å². The summed E-state index contributed by atoms with van der Waals surface area (Å²) in [7, 11) is 0. The molecular formula is C20H18FNO3. The third-order valence-corrected chi connectivity index (χ3v) is 3.84. The molecule has 0 spiro atoms. The van der Waals surface area contributed by atoms with Gasteiger partial charge in [-0.25, -0.2) is 4.39 Å². The normalized spacial score (nSPS) is 14.4. The Kier molecular flexibility index (Phi) is 5.56. The van der Waals surface area contributed by atoms with Gasteiger partial charge in [-0.1, -0.05) is 26.1 Å². The van der Waals surface area contributed by atoms with Crippen molar-refractivity contribution < 1.29 is 19.0 Å². The van der Waals surface area contributed by atoms with E-state index in [2.05, 4.69) is 13.2 Å². The third-order valence-electron chi connectivity index (χ3n) is 3.84. The molecule has 4 nitrogen and oxygen atoms in total. The van der Waals surface area contributed by atoms with Gasteiger partial charge in [-0.05, 0) is 35.8 Å². The second kappa shape index (κ2) is 7.63. The van der Waals surface area contributed by atoms with Crippen LogP contribution in [0.15, 0.2) is 60.4 Å².